The van der Waals surface area contributed by atoms with Crippen LogP contribution in [0, 0.1) is 16.7 Å². The van der Waals surface area contributed by atoms with Crippen molar-refractivity contribution in [3.05, 3.63) is 36.0 Å². The van der Waals surface area contributed by atoms with Crippen LogP contribution in [0.3, 0.4) is 0 Å². The van der Waals surface area contributed by atoms with Gasteiger partial charge in [0.2, 0.25) is 0 Å². The minimum atomic E-state index is -1.65. The van der Waals surface area contributed by atoms with Crippen LogP contribution in [0.25, 0.3) is 0 Å². The molecule has 2 aliphatic carbocycles. The van der Waals surface area contributed by atoms with Crippen molar-refractivity contribution in [3.8, 4) is 0 Å². The molecule has 6 nitrogen and oxygen atoms in total. The highest BCUT2D eigenvalue weighted by Crippen LogP contribution is 2.63. The van der Waals surface area contributed by atoms with Gasteiger partial charge in [-0.15, -0.1) is 0 Å². The van der Waals surface area contributed by atoms with Crippen LogP contribution in [0.5, 0.6) is 0 Å². The van der Waals surface area contributed by atoms with Crippen LogP contribution in [0.1, 0.15) is 53.4 Å². The minimum absolute atomic E-state index is 0.0318. The van der Waals surface area contributed by atoms with E-state index in [4.69, 9.17) is 9.47 Å². The summed E-state index contributed by atoms with van der Waals surface area (Å²) in [6.45, 7) is 7.86. The number of rotatable bonds is 5. The quantitative estimate of drug-likeness (QED) is 0.317. The van der Waals surface area contributed by atoms with E-state index in [1.807, 2.05) is 6.92 Å². The smallest absolute Gasteiger partial charge is 0.343 e. The Morgan fingerprint density at radius 3 is 2.76 bits per heavy atom. The van der Waals surface area contributed by atoms with Gasteiger partial charge in [0, 0.05) is 23.0 Å². The molecule has 3 aliphatic rings. The number of fused-ring (bicyclic) bond motifs is 3. The number of carbonyl (C=O) groups is 2. The fraction of sp³-hybridized carbons (Fsp3) is 0.652. The van der Waals surface area contributed by atoms with Crippen LogP contribution in [0.4, 0.5) is 0 Å². The number of allylic oxidation sites excluding steroid dienone is 2. The lowest BCUT2D eigenvalue weighted by molar-refractivity contribution is -0.194. The van der Waals surface area contributed by atoms with E-state index in [0.29, 0.717) is 18.4 Å². The van der Waals surface area contributed by atoms with E-state index in [2.05, 4.69) is 13.8 Å². The first kappa shape index (κ1) is 21.8. The third-order valence-electron chi connectivity index (χ3n) is 6.89. The normalized spacial score (nSPS) is 37.0. The van der Waals surface area contributed by atoms with Crippen molar-refractivity contribution in [2.24, 2.45) is 16.7 Å². The average Bonchev–Trinajstić information content (AvgIpc) is 2.90. The van der Waals surface area contributed by atoms with Crippen molar-refractivity contribution in [2.75, 3.05) is 6.61 Å². The van der Waals surface area contributed by atoms with E-state index in [1.54, 1.807) is 31.2 Å². The largest absolute Gasteiger partial charge is 0.459 e. The summed E-state index contributed by atoms with van der Waals surface area (Å²) in [4.78, 5) is 25.0. The van der Waals surface area contributed by atoms with Crippen LogP contribution in [-0.2, 0) is 19.1 Å². The molecule has 2 fully saturated rings. The van der Waals surface area contributed by atoms with Gasteiger partial charge < -0.3 is 19.7 Å². The fourth-order valence-electron chi connectivity index (χ4n) is 5.61. The third kappa shape index (κ3) is 3.68. The van der Waals surface area contributed by atoms with E-state index in [9.17, 15) is 19.8 Å². The number of cyclic esters (lactones) is 1. The number of hydrogen-bond donors (Lipinski definition) is 2. The molecule has 1 aliphatic heterocycles. The van der Waals surface area contributed by atoms with Gasteiger partial charge in [-0.1, -0.05) is 45.4 Å². The highest BCUT2D eigenvalue weighted by atomic mass is 16.6. The number of aliphatic hydroxyl groups excluding tert-OH is 1. The van der Waals surface area contributed by atoms with Gasteiger partial charge in [-0.25, -0.2) is 9.59 Å². The Bertz CT molecular complexity index is 761. The van der Waals surface area contributed by atoms with Crippen LogP contribution >= 0.6 is 0 Å². The maximum Gasteiger partial charge on any atom is 0.343 e. The highest BCUT2D eigenvalue weighted by Gasteiger charge is 2.69. The summed E-state index contributed by atoms with van der Waals surface area (Å²) in [7, 11) is 0. The van der Waals surface area contributed by atoms with Gasteiger partial charge in [-0.3, -0.25) is 0 Å². The lowest BCUT2D eigenvalue weighted by Crippen LogP contribution is -2.65. The zero-order valence-electron chi connectivity index (χ0n) is 17.7. The second kappa shape index (κ2) is 7.73. The maximum absolute atomic E-state index is 12.5. The van der Waals surface area contributed by atoms with Crippen LogP contribution in [0.15, 0.2) is 36.0 Å². The number of esters is 2. The molecule has 0 aromatic heterocycles. The molecule has 1 saturated heterocycles. The van der Waals surface area contributed by atoms with Crippen molar-refractivity contribution < 1.29 is 29.3 Å². The van der Waals surface area contributed by atoms with Crippen LogP contribution in [0.2, 0.25) is 0 Å². The molecular weight excluding hydrogens is 372 g/mol. The minimum Gasteiger partial charge on any atom is -0.459 e. The molecule has 1 saturated carbocycles. The summed E-state index contributed by atoms with van der Waals surface area (Å²) >= 11 is 0. The molecular formula is C23H32O6. The Hall–Kier alpha value is -1.92. The van der Waals surface area contributed by atoms with Gasteiger partial charge in [0.05, 0.1) is 6.10 Å². The standard InChI is InChI=1S/C23H32O6/c1-15(24)9-6-5-7-10-18(25)29-17-13-16-14-28-20(26)23(16,27)22(4)12-8-11-21(2,3)19(17)22/h5-7,10,13,15,17,19,24,27H,8-9,11-12,14H2,1-4H3/b6-5+,10-7+/t15-,17+,19+,22+,23-/m0/s1. The molecule has 160 valence electrons. The lowest BCUT2D eigenvalue weighted by Gasteiger charge is -2.59. The fourth-order valence-corrected chi connectivity index (χ4v) is 5.61. The molecule has 0 spiro atoms. The molecule has 29 heavy (non-hydrogen) atoms. The Kier molecular flexibility index (Phi) is 5.80. The lowest BCUT2D eigenvalue weighted by atomic mass is 9.46. The molecule has 0 aromatic carbocycles. The SMILES string of the molecule is C[C@H](O)C/C=C/C=C/C(=O)O[C@@H]1C=C2COC(=O)[C@]2(O)[C@]2(C)CCCC(C)(C)[C@@H]12. The van der Waals surface area contributed by atoms with Crippen molar-refractivity contribution in [1.82, 2.24) is 0 Å². The number of ether oxygens (including phenoxy) is 2. The topological polar surface area (TPSA) is 93.1 Å². The van der Waals surface area contributed by atoms with E-state index in [-0.39, 0.29) is 17.9 Å². The Morgan fingerprint density at radius 1 is 1.34 bits per heavy atom. The van der Waals surface area contributed by atoms with Crippen molar-refractivity contribution in [1.29, 1.82) is 0 Å². The van der Waals surface area contributed by atoms with Crippen LogP contribution in [-0.4, -0.2) is 46.6 Å². The Morgan fingerprint density at radius 2 is 2.07 bits per heavy atom. The monoisotopic (exact) mass is 404 g/mol. The van der Waals surface area contributed by atoms with Gasteiger partial charge >= 0.3 is 11.9 Å². The average molecular weight is 405 g/mol. The van der Waals surface area contributed by atoms with E-state index in [0.717, 1.165) is 12.8 Å². The third-order valence-corrected chi connectivity index (χ3v) is 6.89. The van der Waals surface area contributed by atoms with Gasteiger partial charge in [-0.2, -0.15) is 0 Å². The Balaban J connectivity index is 1.87. The Labute approximate surface area is 172 Å². The second-order valence-corrected chi connectivity index (χ2v) is 9.49. The van der Waals surface area contributed by atoms with Crippen LogP contribution < -0.4 is 0 Å². The van der Waals surface area contributed by atoms with Crippen molar-refractivity contribution >= 4 is 11.9 Å². The molecule has 3 rings (SSSR count). The van der Waals surface area contributed by atoms with Gasteiger partial charge in [0.1, 0.15) is 12.7 Å². The summed E-state index contributed by atoms with van der Waals surface area (Å²) in [5.41, 5.74) is -2.15. The van der Waals surface area contributed by atoms with Gasteiger partial charge in [-0.05, 0) is 37.7 Å². The first-order chi connectivity index (χ1) is 13.5. The molecule has 1 heterocycles. The molecule has 2 N–H and O–H groups in total. The summed E-state index contributed by atoms with van der Waals surface area (Å²) in [5, 5.41) is 20.7. The first-order valence-corrected chi connectivity index (χ1v) is 10.3. The van der Waals surface area contributed by atoms with Gasteiger partial charge in [0.15, 0.2) is 5.60 Å². The zero-order valence-corrected chi connectivity index (χ0v) is 17.7. The van der Waals surface area contributed by atoms with E-state index in [1.165, 1.54) is 6.08 Å². The summed E-state index contributed by atoms with van der Waals surface area (Å²) < 4.78 is 11.0. The molecule has 5 atom stereocenters. The number of hydrogen-bond acceptors (Lipinski definition) is 6. The highest BCUT2D eigenvalue weighted by molar-refractivity contribution is 5.88. The van der Waals surface area contributed by atoms with E-state index >= 15 is 0 Å². The molecule has 0 radical (unpaired) electrons. The molecule has 0 amide bonds. The summed E-state index contributed by atoms with van der Waals surface area (Å²) in [6, 6.07) is 0. The zero-order chi connectivity index (χ0) is 21.4. The van der Waals surface area contributed by atoms with Crippen molar-refractivity contribution in [3.63, 3.8) is 0 Å². The summed E-state index contributed by atoms with van der Waals surface area (Å²) in [5.74, 6) is -1.29. The maximum atomic E-state index is 12.5. The second-order valence-electron chi connectivity index (χ2n) is 9.49. The number of aliphatic hydroxyl groups is 2. The molecule has 6 heteroatoms. The van der Waals surface area contributed by atoms with Crippen molar-refractivity contribution in [2.45, 2.75) is 71.2 Å². The molecule has 0 aromatic rings. The molecule has 0 bridgehead atoms. The predicted molar refractivity (Wildman–Crippen MR) is 108 cm³/mol. The molecule has 0 unspecified atom stereocenters. The van der Waals surface area contributed by atoms with E-state index < -0.39 is 35.2 Å². The predicted octanol–water partition coefficient (Wildman–Crippen LogP) is 2.84. The number of carbonyl (C=O) groups excluding carboxylic acids is 2. The van der Waals surface area contributed by atoms with Gasteiger partial charge in [0.25, 0.3) is 0 Å². The first-order valence-electron chi connectivity index (χ1n) is 10.3. The summed E-state index contributed by atoms with van der Waals surface area (Å²) in [6.07, 6.45) is 10.1.